The van der Waals surface area contributed by atoms with Gasteiger partial charge >= 0.3 is 0 Å². The van der Waals surface area contributed by atoms with Gasteiger partial charge in [0.25, 0.3) is 0 Å². The van der Waals surface area contributed by atoms with Crippen LogP contribution in [0.4, 0.5) is 11.8 Å². The van der Waals surface area contributed by atoms with Gasteiger partial charge in [-0.25, -0.2) is 4.98 Å². The standard InChI is InChI=1S/C13H14N7S/c14-11-10-12(20(5-6-21)8-17-10)19-13(18-11)16-7-9-1-3-15-4-2-9/h1-4,8H,5-7H2,(H3,14,16,18,19). The number of anilines is 2. The molecule has 0 saturated heterocycles. The average Bonchev–Trinajstić information content (AvgIpc) is 2.90. The molecule has 0 unspecified atom stereocenters. The van der Waals surface area contributed by atoms with Gasteiger partial charge in [-0.1, -0.05) is 12.6 Å². The molecule has 0 aliphatic carbocycles. The van der Waals surface area contributed by atoms with Crippen molar-refractivity contribution in [2.45, 2.75) is 13.1 Å². The zero-order chi connectivity index (χ0) is 14.7. The van der Waals surface area contributed by atoms with Crippen LogP contribution in [0.15, 0.2) is 30.9 Å². The molecule has 0 fully saturated rings. The van der Waals surface area contributed by atoms with Gasteiger partial charge in [0.1, 0.15) is 5.52 Å². The van der Waals surface area contributed by atoms with E-state index >= 15 is 0 Å². The molecule has 3 aromatic rings. The Balaban J connectivity index is 1.87. The number of pyridine rings is 1. The Bertz CT molecular complexity index is 741. The summed E-state index contributed by atoms with van der Waals surface area (Å²) in [6.07, 6.45) is 5.18. The molecule has 107 valence electrons. The first-order valence-corrected chi connectivity index (χ1v) is 7.05. The predicted octanol–water partition coefficient (Wildman–Crippen LogP) is 1.61. The number of aryl methyl sites for hydroxylation is 1. The van der Waals surface area contributed by atoms with Gasteiger partial charge in [0.05, 0.1) is 6.33 Å². The summed E-state index contributed by atoms with van der Waals surface area (Å²) >= 11 is 5.00. The Morgan fingerprint density at radius 1 is 1.24 bits per heavy atom. The molecule has 0 saturated carbocycles. The van der Waals surface area contributed by atoms with Gasteiger partial charge in [0, 0.05) is 31.2 Å². The lowest BCUT2D eigenvalue weighted by molar-refractivity contribution is 0.788. The number of nitrogens with zero attached hydrogens (tertiary/aromatic N) is 5. The minimum Gasteiger partial charge on any atom is -0.382 e. The first kappa shape index (κ1) is 13.6. The van der Waals surface area contributed by atoms with Crippen LogP contribution in [0.3, 0.4) is 0 Å². The lowest BCUT2D eigenvalue weighted by Gasteiger charge is -2.07. The quantitative estimate of drug-likeness (QED) is 0.743. The lowest BCUT2D eigenvalue weighted by Crippen LogP contribution is -2.07. The number of aromatic nitrogens is 5. The molecule has 0 aliphatic heterocycles. The molecule has 1 radical (unpaired) electrons. The van der Waals surface area contributed by atoms with Crippen LogP contribution >= 0.6 is 12.6 Å². The van der Waals surface area contributed by atoms with Crippen LogP contribution in [0.1, 0.15) is 5.56 Å². The number of rotatable bonds is 5. The van der Waals surface area contributed by atoms with Crippen molar-refractivity contribution in [3.8, 4) is 0 Å². The second-order valence-electron chi connectivity index (χ2n) is 4.46. The van der Waals surface area contributed by atoms with Crippen LogP contribution in [0, 0.1) is 0 Å². The number of nitrogen functional groups attached to an aromatic ring is 1. The molecule has 3 heterocycles. The van der Waals surface area contributed by atoms with Crippen molar-refractivity contribution in [3.05, 3.63) is 36.4 Å². The van der Waals surface area contributed by atoms with Crippen molar-refractivity contribution in [2.24, 2.45) is 0 Å². The van der Waals surface area contributed by atoms with E-state index in [2.05, 4.69) is 25.3 Å². The van der Waals surface area contributed by atoms with Gasteiger partial charge in [-0.05, 0) is 17.7 Å². The lowest BCUT2D eigenvalue weighted by atomic mass is 10.3. The van der Waals surface area contributed by atoms with Gasteiger partial charge in [0.15, 0.2) is 11.5 Å². The highest BCUT2D eigenvalue weighted by molar-refractivity contribution is 7.80. The average molecular weight is 300 g/mol. The molecule has 0 amide bonds. The van der Waals surface area contributed by atoms with Gasteiger partial charge in [0.2, 0.25) is 5.95 Å². The van der Waals surface area contributed by atoms with Crippen molar-refractivity contribution in [2.75, 3.05) is 16.8 Å². The fourth-order valence-electron chi connectivity index (χ4n) is 1.99. The van der Waals surface area contributed by atoms with E-state index in [-0.39, 0.29) is 0 Å². The Kier molecular flexibility index (Phi) is 3.87. The summed E-state index contributed by atoms with van der Waals surface area (Å²) in [5.74, 6) is 1.43. The number of hydrogen-bond donors (Lipinski definition) is 2. The minimum absolute atomic E-state index is 0.361. The van der Waals surface area contributed by atoms with E-state index in [9.17, 15) is 0 Å². The van der Waals surface area contributed by atoms with Crippen molar-refractivity contribution in [1.29, 1.82) is 0 Å². The van der Waals surface area contributed by atoms with Gasteiger partial charge in [-0.3, -0.25) is 4.98 Å². The molecule has 0 bridgehead atoms. The Morgan fingerprint density at radius 3 is 2.81 bits per heavy atom. The maximum Gasteiger partial charge on any atom is 0.227 e. The van der Waals surface area contributed by atoms with E-state index in [0.29, 0.717) is 41.8 Å². The maximum absolute atomic E-state index is 5.93. The van der Waals surface area contributed by atoms with E-state index in [0.717, 1.165) is 5.56 Å². The number of nitrogens with one attached hydrogen (secondary N) is 1. The van der Waals surface area contributed by atoms with Crippen LogP contribution in [0.2, 0.25) is 0 Å². The van der Waals surface area contributed by atoms with E-state index in [1.807, 2.05) is 16.7 Å². The van der Waals surface area contributed by atoms with Gasteiger partial charge in [-0.2, -0.15) is 9.97 Å². The fraction of sp³-hybridized carbons (Fsp3) is 0.231. The van der Waals surface area contributed by atoms with Crippen molar-refractivity contribution in [3.63, 3.8) is 0 Å². The smallest absolute Gasteiger partial charge is 0.227 e. The zero-order valence-corrected chi connectivity index (χ0v) is 12.0. The van der Waals surface area contributed by atoms with Crippen LogP contribution in [-0.4, -0.2) is 30.3 Å². The highest BCUT2D eigenvalue weighted by Gasteiger charge is 2.10. The second kappa shape index (κ2) is 5.96. The summed E-state index contributed by atoms with van der Waals surface area (Å²) in [6.45, 7) is 1.27. The highest BCUT2D eigenvalue weighted by atomic mass is 32.1. The topological polar surface area (TPSA) is 94.5 Å². The van der Waals surface area contributed by atoms with E-state index in [1.165, 1.54) is 0 Å². The first-order chi connectivity index (χ1) is 10.3. The summed E-state index contributed by atoms with van der Waals surface area (Å²) in [5, 5.41) is 3.16. The molecule has 8 heteroatoms. The minimum atomic E-state index is 0.361. The number of imidazole rings is 1. The highest BCUT2D eigenvalue weighted by Crippen LogP contribution is 2.18. The van der Waals surface area contributed by atoms with Crippen LogP contribution in [0.5, 0.6) is 0 Å². The summed E-state index contributed by atoms with van der Waals surface area (Å²) in [4.78, 5) is 16.9. The summed E-state index contributed by atoms with van der Waals surface area (Å²) < 4.78 is 1.89. The van der Waals surface area contributed by atoms with E-state index in [4.69, 9.17) is 18.4 Å². The second-order valence-corrected chi connectivity index (χ2v) is 4.86. The molecule has 21 heavy (non-hydrogen) atoms. The van der Waals surface area contributed by atoms with Crippen LogP contribution in [0.25, 0.3) is 11.2 Å². The van der Waals surface area contributed by atoms with Crippen molar-refractivity contribution >= 4 is 35.6 Å². The molecule has 0 spiro atoms. The third-order valence-electron chi connectivity index (χ3n) is 3.02. The van der Waals surface area contributed by atoms with Crippen LogP contribution in [-0.2, 0) is 13.1 Å². The first-order valence-electron chi connectivity index (χ1n) is 6.47. The number of fused-ring (bicyclic) bond motifs is 1. The monoisotopic (exact) mass is 300 g/mol. The van der Waals surface area contributed by atoms with Crippen LogP contribution < -0.4 is 11.1 Å². The molecule has 0 aromatic carbocycles. The molecule has 0 aliphatic rings. The summed E-state index contributed by atoms with van der Waals surface area (Å²) in [6, 6.07) is 3.85. The van der Waals surface area contributed by atoms with Gasteiger partial charge < -0.3 is 15.6 Å². The van der Waals surface area contributed by atoms with Gasteiger partial charge in [-0.15, -0.1) is 0 Å². The maximum atomic E-state index is 5.93. The largest absolute Gasteiger partial charge is 0.382 e. The molecular weight excluding hydrogens is 286 g/mol. The fourth-order valence-corrected chi connectivity index (χ4v) is 2.19. The summed E-state index contributed by atoms with van der Waals surface area (Å²) in [5.41, 5.74) is 8.32. The third-order valence-corrected chi connectivity index (χ3v) is 3.21. The summed E-state index contributed by atoms with van der Waals surface area (Å²) in [7, 11) is 0. The molecule has 0 atom stereocenters. The van der Waals surface area contributed by atoms with E-state index in [1.54, 1.807) is 18.7 Å². The zero-order valence-electron chi connectivity index (χ0n) is 11.2. The molecule has 3 rings (SSSR count). The molecule has 3 N–H and O–H groups in total. The molecule has 7 nitrogen and oxygen atoms in total. The van der Waals surface area contributed by atoms with E-state index < -0.39 is 0 Å². The Hall–Kier alpha value is -2.35. The normalized spacial score (nSPS) is 10.9. The van der Waals surface area contributed by atoms with Crippen molar-refractivity contribution in [1.82, 2.24) is 24.5 Å². The number of hydrogen-bond acceptors (Lipinski definition) is 6. The Labute approximate surface area is 127 Å². The molecule has 3 aromatic heterocycles. The predicted molar refractivity (Wildman–Crippen MR) is 83.8 cm³/mol. The van der Waals surface area contributed by atoms with Crippen molar-refractivity contribution < 1.29 is 0 Å². The number of nitrogens with two attached hydrogens (primary N) is 1. The third kappa shape index (κ3) is 2.89. The molecular formula is C13H14N7S. The SMILES string of the molecule is Nc1nc(NCc2ccncc2)nc2c1ncn2CC[S]. The Morgan fingerprint density at radius 2 is 2.05 bits per heavy atom.